The number of ether oxygens (including phenoxy) is 2. The van der Waals surface area contributed by atoms with Gasteiger partial charge in [0.2, 0.25) is 0 Å². The fraction of sp³-hybridized carbons (Fsp3) is 0.474. The van der Waals surface area contributed by atoms with E-state index < -0.39 is 0 Å². The summed E-state index contributed by atoms with van der Waals surface area (Å²) in [5, 5.41) is 0. The Labute approximate surface area is 258 Å². The molecule has 1 unspecified atom stereocenters. The fourth-order valence-electron chi connectivity index (χ4n) is 6.61. The Morgan fingerprint density at radius 3 is 2.30 bits per heavy atom. The van der Waals surface area contributed by atoms with Gasteiger partial charge < -0.3 is 14.4 Å². The molecule has 1 saturated heterocycles. The molecule has 43 heavy (non-hydrogen) atoms. The van der Waals surface area contributed by atoms with E-state index in [1.54, 1.807) is 19.5 Å². The van der Waals surface area contributed by atoms with Gasteiger partial charge >= 0.3 is 0 Å². The van der Waals surface area contributed by atoms with Crippen LogP contribution >= 0.6 is 0 Å². The van der Waals surface area contributed by atoms with Gasteiger partial charge in [0.25, 0.3) is 0 Å². The molecular formula is C38H48N2O3. The number of hydrogen-bond donors (Lipinski definition) is 0. The van der Waals surface area contributed by atoms with Crippen LogP contribution in [0.2, 0.25) is 0 Å². The van der Waals surface area contributed by atoms with Gasteiger partial charge in [0, 0.05) is 44.9 Å². The Morgan fingerprint density at radius 2 is 1.67 bits per heavy atom. The maximum Gasteiger partial charge on any atom is 0.165 e. The van der Waals surface area contributed by atoms with Crippen LogP contribution in [-0.2, 0) is 4.74 Å². The van der Waals surface area contributed by atoms with Gasteiger partial charge in [-0.3, -0.25) is 9.78 Å². The van der Waals surface area contributed by atoms with E-state index in [9.17, 15) is 4.79 Å². The monoisotopic (exact) mass is 580 g/mol. The zero-order chi connectivity index (χ0) is 30.4. The third-order valence-corrected chi connectivity index (χ3v) is 9.29. The quantitative estimate of drug-likeness (QED) is 0.214. The number of benzene rings is 2. The zero-order valence-corrected chi connectivity index (χ0v) is 26.7. The van der Waals surface area contributed by atoms with E-state index in [4.69, 9.17) is 9.47 Å². The topological polar surface area (TPSA) is 51.7 Å². The van der Waals surface area contributed by atoms with Gasteiger partial charge in [0.1, 0.15) is 5.75 Å². The van der Waals surface area contributed by atoms with E-state index in [1.165, 1.54) is 33.4 Å². The van der Waals surface area contributed by atoms with Gasteiger partial charge in [-0.05, 0) is 78.7 Å². The van der Waals surface area contributed by atoms with E-state index >= 15 is 0 Å². The number of pyridine rings is 1. The third-order valence-electron chi connectivity index (χ3n) is 9.29. The minimum absolute atomic E-state index is 0.0984. The predicted molar refractivity (Wildman–Crippen MR) is 175 cm³/mol. The largest absolute Gasteiger partial charge is 0.489 e. The van der Waals surface area contributed by atoms with Crippen molar-refractivity contribution in [2.24, 2.45) is 5.41 Å². The number of carbonyl (C=O) groups excluding carboxylic acids is 1. The van der Waals surface area contributed by atoms with Crippen LogP contribution < -0.4 is 4.74 Å². The predicted octanol–water partition coefficient (Wildman–Crippen LogP) is 8.27. The lowest BCUT2D eigenvalue weighted by Gasteiger charge is -2.30. The van der Waals surface area contributed by atoms with Crippen LogP contribution in [-0.4, -0.2) is 55.1 Å². The molecule has 1 aromatic heterocycles. The minimum atomic E-state index is 0.0984. The SMILES string of the molecule is COCCN1CCC(=C(c2ccc(C)cc2)c2ccc([C@@H](C)CC(=O)c3cncc(OC4CCC(C)(C)C4)c3)cc2)CC1. The number of methoxy groups -OCH3 is 1. The molecule has 2 heterocycles. The van der Waals surface area contributed by atoms with E-state index in [2.05, 4.69) is 86.1 Å². The first-order valence-corrected chi connectivity index (χ1v) is 16.0. The van der Waals surface area contributed by atoms with Crippen molar-refractivity contribution in [1.82, 2.24) is 9.88 Å². The van der Waals surface area contributed by atoms with Crippen molar-refractivity contribution in [2.75, 3.05) is 33.4 Å². The van der Waals surface area contributed by atoms with Crippen molar-refractivity contribution in [3.63, 3.8) is 0 Å². The van der Waals surface area contributed by atoms with Crippen molar-refractivity contribution >= 4 is 11.4 Å². The molecule has 2 aromatic carbocycles. The number of aromatic nitrogens is 1. The summed E-state index contributed by atoms with van der Waals surface area (Å²) in [4.78, 5) is 20.1. The molecule has 0 N–H and O–H groups in total. The summed E-state index contributed by atoms with van der Waals surface area (Å²) in [6.07, 6.45) is 9.41. The van der Waals surface area contributed by atoms with Crippen LogP contribution in [0.5, 0.6) is 5.75 Å². The van der Waals surface area contributed by atoms with Crippen molar-refractivity contribution < 1.29 is 14.3 Å². The lowest BCUT2D eigenvalue weighted by atomic mass is 9.86. The molecule has 1 aliphatic carbocycles. The molecule has 2 atom stereocenters. The van der Waals surface area contributed by atoms with Crippen LogP contribution in [0.3, 0.4) is 0 Å². The van der Waals surface area contributed by atoms with E-state index in [1.807, 2.05) is 6.07 Å². The molecule has 0 bridgehead atoms. The smallest absolute Gasteiger partial charge is 0.165 e. The first-order chi connectivity index (χ1) is 20.7. The Balaban J connectivity index is 1.28. The first-order valence-electron chi connectivity index (χ1n) is 16.0. The summed E-state index contributed by atoms with van der Waals surface area (Å²) in [5.74, 6) is 0.900. The van der Waals surface area contributed by atoms with E-state index in [-0.39, 0.29) is 17.8 Å². The highest BCUT2D eigenvalue weighted by atomic mass is 16.5. The highest BCUT2D eigenvalue weighted by Crippen LogP contribution is 2.39. The summed E-state index contributed by atoms with van der Waals surface area (Å²) in [6.45, 7) is 12.7. The van der Waals surface area contributed by atoms with Gasteiger partial charge in [0.15, 0.2) is 5.78 Å². The maximum atomic E-state index is 13.3. The van der Waals surface area contributed by atoms with Crippen molar-refractivity contribution in [3.8, 4) is 5.75 Å². The van der Waals surface area contributed by atoms with Crippen molar-refractivity contribution in [3.05, 3.63) is 100 Å². The highest BCUT2D eigenvalue weighted by Gasteiger charge is 2.32. The summed E-state index contributed by atoms with van der Waals surface area (Å²) < 4.78 is 11.5. The Morgan fingerprint density at radius 1 is 1.00 bits per heavy atom. The molecule has 1 aliphatic heterocycles. The van der Waals surface area contributed by atoms with E-state index in [0.717, 1.165) is 58.3 Å². The number of hydrogen-bond acceptors (Lipinski definition) is 5. The number of aryl methyl sites for hydroxylation is 1. The fourth-order valence-corrected chi connectivity index (χ4v) is 6.61. The second-order valence-electron chi connectivity index (χ2n) is 13.4. The van der Waals surface area contributed by atoms with Crippen LogP contribution in [0, 0.1) is 12.3 Å². The van der Waals surface area contributed by atoms with Gasteiger partial charge in [-0.1, -0.05) is 80.4 Å². The summed E-state index contributed by atoms with van der Waals surface area (Å²) in [7, 11) is 1.77. The first kappa shape index (κ1) is 31.2. The normalized spacial score (nSPS) is 19.3. The van der Waals surface area contributed by atoms with Crippen LogP contribution in [0.25, 0.3) is 5.57 Å². The van der Waals surface area contributed by atoms with Crippen LogP contribution in [0.1, 0.15) is 97.8 Å². The molecule has 2 fully saturated rings. The number of piperidine rings is 1. The second-order valence-corrected chi connectivity index (χ2v) is 13.4. The summed E-state index contributed by atoms with van der Waals surface area (Å²) in [6, 6.07) is 19.7. The average molecular weight is 581 g/mol. The van der Waals surface area contributed by atoms with Crippen LogP contribution in [0.15, 0.2) is 72.6 Å². The number of likely N-dealkylation sites (tertiary alicyclic amines) is 1. The number of carbonyl (C=O) groups is 1. The Bertz CT molecular complexity index is 1400. The third kappa shape index (κ3) is 8.21. The van der Waals surface area contributed by atoms with Crippen molar-refractivity contribution in [1.29, 1.82) is 0 Å². The van der Waals surface area contributed by atoms with Gasteiger partial charge in [0.05, 0.1) is 18.9 Å². The molecule has 2 aliphatic rings. The molecule has 0 spiro atoms. The number of rotatable bonds is 11. The Kier molecular flexibility index (Phi) is 10.1. The molecule has 0 radical (unpaired) electrons. The molecule has 228 valence electrons. The summed E-state index contributed by atoms with van der Waals surface area (Å²) >= 11 is 0. The standard InChI is InChI=1S/C38H48N2O3/c1-27-6-8-30(9-7-27)37(32-15-18-40(19-16-32)20-21-42-5)31-12-10-29(11-13-31)28(2)22-36(41)33-23-35(26-39-25-33)43-34-14-17-38(3,4)24-34/h6-13,23,25-26,28,34H,14-22,24H2,1-5H3/t28-,34?/m0/s1. The van der Waals surface area contributed by atoms with Crippen LogP contribution in [0.4, 0.5) is 0 Å². The number of ketones is 1. The number of Topliss-reactive ketones (excluding diaryl/α,β-unsaturated/α-hetero) is 1. The highest BCUT2D eigenvalue weighted by molar-refractivity contribution is 5.96. The van der Waals surface area contributed by atoms with E-state index in [0.29, 0.717) is 23.1 Å². The zero-order valence-electron chi connectivity index (χ0n) is 26.7. The number of nitrogens with zero attached hydrogens (tertiary/aromatic N) is 2. The molecular weight excluding hydrogens is 532 g/mol. The Hall–Kier alpha value is -3.28. The minimum Gasteiger partial charge on any atom is -0.489 e. The molecule has 5 heteroatoms. The summed E-state index contributed by atoms with van der Waals surface area (Å²) in [5.41, 5.74) is 8.78. The molecule has 1 saturated carbocycles. The molecule has 5 rings (SSSR count). The molecule has 5 nitrogen and oxygen atoms in total. The maximum absolute atomic E-state index is 13.3. The average Bonchev–Trinajstić information content (AvgIpc) is 3.35. The lowest BCUT2D eigenvalue weighted by molar-refractivity contribution is 0.0974. The van der Waals surface area contributed by atoms with Crippen molar-refractivity contribution in [2.45, 2.75) is 78.2 Å². The van der Waals surface area contributed by atoms with Gasteiger partial charge in [-0.25, -0.2) is 0 Å². The molecule has 0 amide bonds. The van der Waals surface area contributed by atoms with Gasteiger partial charge in [-0.15, -0.1) is 0 Å². The van der Waals surface area contributed by atoms with Gasteiger partial charge in [-0.2, -0.15) is 0 Å². The second kappa shape index (κ2) is 14.0. The lowest BCUT2D eigenvalue weighted by Crippen LogP contribution is -2.33. The molecule has 3 aromatic rings.